The summed E-state index contributed by atoms with van der Waals surface area (Å²) in [5, 5.41) is 3.34. The van der Waals surface area contributed by atoms with Gasteiger partial charge in [-0.2, -0.15) is 0 Å². The molecule has 1 N–H and O–H groups in total. The van der Waals surface area contributed by atoms with Crippen LogP contribution in [0.4, 0.5) is 4.79 Å². The first-order valence-corrected chi connectivity index (χ1v) is 11.2. The molecule has 2 heterocycles. The lowest BCUT2D eigenvalue weighted by Crippen LogP contribution is -2.60. The number of carbonyl (C=O) groups is 1. The standard InChI is InChI=1S/C21H40N4O3/c1-5-9-25-16-18(22-20(26)24(6-2)11-10-23(3)4)14-17-15-21(8-7-19(17)25)27-12-13-28-21/h17-19H,5-16H2,1-4H3,(H,22,26)/t17-,18+,19-/m1/s1. The van der Waals surface area contributed by atoms with E-state index in [0.717, 1.165) is 64.8 Å². The molecule has 0 aromatic carbocycles. The highest BCUT2D eigenvalue weighted by atomic mass is 16.7. The fraction of sp³-hybridized carbons (Fsp3) is 0.952. The molecule has 1 spiro atoms. The van der Waals surface area contributed by atoms with Gasteiger partial charge in [0.2, 0.25) is 0 Å². The number of rotatable bonds is 7. The van der Waals surface area contributed by atoms with E-state index in [1.807, 2.05) is 19.0 Å². The van der Waals surface area contributed by atoms with E-state index < -0.39 is 0 Å². The van der Waals surface area contributed by atoms with Gasteiger partial charge in [0.1, 0.15) is 0 Å². The Balaban J connectivity index is 1.62. The number of likely N-dealkylation sites (tertiary alicyclic amines) is 1. The van der Waals surface area contributed by atoms with E-state index >= 15 is 0 Å². The molecule has 3 rings (SSSR count). The molecule has 28 heavy (non-hydrogen) atoms. The lowest BCUT2D eigenvalue weighted by molar-refractivity contribution is -0.201. The molecule has 7 nitrogen and oxygen atoms in total. The molecule has 2 saturated heterocycles. The summed E-state index contributed by atoms with van der Waals surface area (Å²) in [6.45, 7) is 10.2. The summed E-state index contributed by atoms with van der Waals surface area (Å²) in [7, 11) is 4.09. The van der Waals surface area contributed by atoms with Gasteiger partial charge in [0, 0.05) is 51.1 Å². The van der Waals surface area contributed by atoms with Crippen LogP contribution in [0.15, 0.2) is 0 Å². The maximum Gasteiger partial charge on any atom is 0.317 e. The third-order valence-electron chi connectivity index (χ3n) is 6.59. The quantitative estimate of drug-likeness (QED) is 0.713. The minimum Gasteiger partial charge on any atom is -0.348 e. The number of hydrogen-bond acceptors (Lipinski definition) is 5. The van der Waals surface area contributed by atoms with Crippen LogP contribution in [-0.4, -0.2) is 98.6 Å². The van der Waals surface area contributed by atoms with Crippen LogP contribution in [0.5, 0.6) is 0 Å². The number of nitrogens with zero attached hydrogens (tertiary/aromatic N) is 3. The van der Waals surface area contributed by atoms with Gasteiger partial charge in [0.15, 0.2) is 5.79 Å². The topological polar surface area (TPSA) is 57.3 Å². The summed E-state index contributed by atoms with van der Waals surface area (Å²) in [6.07, 6.45) is 5.26. The summed E-state index contributed by atoms with van der Waals surface area (Å²) < 4.78 is 12.0. The molecule has 162 valence electrons. The fourth-order valence-corrected chi connectivity index (χ4v) is 5.22. The summed E-state index contributed by atoms with van der Waals surface area (Å²) in [6, 6.07) is 0.871. The number of likely N-dealkylation sites (N-methyl/N-ethyl adjacent to an activating group) is 2. The van der Waals surface area contributed by atoms with Crippen LogP contribution >= 0.6 is 0 Å². The van der Waals surface area contributed by atoms with Crippen LogP contribution < -0.4 is 5.32 Å². The molecule has 2 aliphatic heterocycles. The Bertz CT molecular complexity index is 510. The van der Waals surface area contributed by atoms with Gasteiger partial charge in [-0.1, -0.05) is 6.92 Å². The van der Waals surface area contributed by atoms with Gasteiger partial charge in [-0.25, -0.2) is 4.79 Å². The lowest BCUT2D eigenvalue weighted by Gasteiger charge is -2.51. The van der Waals surface area contributed by atoms with E-state index in [0.29, 0.717) is 25.2 Å². The average Bonchev–Trinajstić information content (AvgIpc) is 3.09. The van der Waals surface area contributed by atoms with Gasteiger partial charge < -0.3 is 24.6 Å². The van der Waals surface area contributed by atoms with E-state index in [9.17, 15) is 4.79 Å². The Kier molecular flexibility index (Phi) is 7.59. The van der Waals surface area contributed by atoms with Crippen LogP contribution in [0.1, 0.15) is 46.0 Å². The largest absolute Gasteiger partial charge is 0.348 e. The van der Waals surface area contributed by atoms with Crippen molar-refractivity contribution in [1.29, 1.82) is 0 Å². The molecule has 0 bridgehead atoms. The zero-order chi connectivity index (χ0) is 20.1. The first-order chi connectivity index (χ1) is 13.5. The molecular formula is C21H40N4O3. The number of hydrogen-bond donors (Lipinski definition) is 1. The molecule has 1 aliphatic carbocycles. The zero-order valence-electron chi connectivity index (χ0n) is 18.3. The smallest absolute Gasteiger partial charge is 0.317 e. The van der Waals surface area contributed by atoms with Gasteiger partial charge in [0.05, 0.1) is 13.2 Å². The number of urea groups is 1. The van der Waals surface area contributed by atoms with E-state index in [-0.39, 0.29) is 17.9 Å². The molecule has 3 fully saturated rings. The van der Waals surface area contributed by atoms with Crippen LogP contribution in [-0.2, 0) is 9.47 Å². The number of carbonyl (C=O) groups excluding carboxylic acids is 1. The molecule has 0 unspecified atom stereocenters. The number of nitrogens with one attached hydrogen (secondary N) is 1. The van der Waals surface area contributed by atoms with Crippen LogP contribution in [0.3, 0.4) is 0 Å². The van der Waals surface area contributed by atoms with Gasteiger partial charge in [0.25, 0.3) is 0 Å². The molecule has 3 aliphatic rings. The average molecular weight is 397 g/mol. The molecule has 2 amide bonds. The first kappa shape index (κ1) is 21.8. The third kappa shape index (κ3) is 5.17. The predicted octanol–water partition coefficient (Wildman–Crippen LogP) is 1.98. The molecule has 0 aromatic rings. The van der Waals surface area contributed by atoms with Gasteiger partial charge in [-0.05, 0) is 52.7 Å². The SMILES string of the molecule is CCCN1C[C@@H](NC(=O)N(CC)CCN(C)C)C[C@@H]2CC3(CC[C@H]21)OCCO3. The van der Waals surface area contributed by atoms with Gasteiger partial charge in [-0.3, -0.25) is 4.90 Å². The minimum atomic E-state index is -0.355. The fourth-order valence-electron chi connectivity index (χ4n) is 5.22. The highest BCUT2D eigenvalue weighted by Crippen LogP contribution is 2.44. The number of piperidine rings is 1. The second kappa shape index (κ2) is 9.74. The van der Waals surface area contributed by atoms with Crippen molar-refractivity contribution < 1.29 is 14.3 Å². The van der Waals surface area contributed by atoms with Crippen molar-refractivity contribution in [3.05, 3.63) is 0 Å². The van der Waals surface area contributed by atoms with Crippen LogP contribution in [0.2, 0.25) is 0 Å². The normalized spacial score (nSPS) is 29.8. The van der Waals surface area contributed by atoms with E-state index in [1.54, 1.807) is 0 Å². The lowest BCUT2D eigenvalue weighted by atomic mass is 9.74. The van der Waals surface area contributed by atoms with E-state index in [1.165, 1.54) is 0 Å². The van der Waals surface area contributed by atoms with Crippen molar-refractivity contribution in [2.24, 2.45) is 5.92 Å². The van der Waals surface area contributed by atoms with Gasteiger partial charge >= 0.3 is 6.03 Å². The van der Waals surface area contributed by atoms with Crippen molar-refractivity contribution >= 4 is 6.03 Å². The Hall–Kier alpha value is -0.890. The Morgan fingerprint density at radius 3 is 2.61 bits per heavy atom. The summed E-state index contributed by atoms with van der Waals surface area (Å²) in [4.78, 5) is 19.5. The zero-order valence-corrected chi connectivity index (χ0v) is 18.3. The van der Waals surface area contributed by atoms with Gasteiger partial charge in [-0.15, -0.1) is 0 Å². The molecule has 7 heteroatoms. The second-order valence-electron chi connectivity index (χ2n) is 8.94. The summed E-state index contributed by atoms with van der Waals surface area (Å²) >= 11 is 0. The molecule has 0 radical (unpaired) electrons. The predicted molar refractivity (Wildman–Crippen MR) is 110 cm³/mol. The summed E-state index contributed by atoms with van der Waals surface area (Å²) in [5.74, 6) is 0.167. The number of amides is 2. The van der Waals surface area contributed by atoms with E-state index in [4.69, 9.17) is 9.47 Å². The second-order valence-corrected chi connectivity index (χ2v) is 8.94. The first-order valence-electron chi connectivity index (χ1n) is 11.2. The monoisotopic (exact) mass is 396 g/mol. The van der Waals surface area contributed by atoms with E-state index in [2.05, 4.69) is 29.0 Å². The number of fused-ring (bicyclic) bond motifs is 1. The maximum atomic E-state index is 12.9. The molecular weight excluding hydrogens is 356 g/mol. The van der Waals surface area contributed by atoms with Crippen molar-refractivity contribution in [2.45, 2.75) is 63.8 Å². The molecule has 3 atom stereocenters. The van der Waals surface area contributed by atoms with Crippen molar-refractivity contribution in [2.75, 3.05) is 60.0 Å². The Morgan fingerprint density at radius 2 is 1.96 bits per heavy atom. The van der Waals surface area contributed by atoms with Crippen molar-refractivity contribution in [3.8, 4) is 0 Å². The summed E-state index contributed by atoms with van der Waals surface area (Å²) in [5.41, 5.74) is 0. The highest BCUT2D eigenvalue weighted by molar-refractivity contribution is 5.74. The Morgan fingerprint density at radius 1 is 1.21 bits per heavy atom. The maximum absolute atomic E-state index is 12.9. The minimum absolute atomic E-state index is 0.0723. The van der Waals surface area contributed by atoms with Crippen molar-refractivity contribution in [1.82, 2.24) is 20.0 Å². The number of ether oxygens (including phenoxy) is 2. The highest BCUT2D eigenvalue weighted by Gasteiger charge is 2.49. The Labute approximate surface area is 170 Å². The van der Waals surface area contributed by atoms with Crippen LogP contribution in [0.25, 0.3) is 0 Å². The van der Waals surface area contributed by atoms with Crippen LogP contribution in [0, 0.1) is 5.92 Å². The third-order valence-corrected chi connectivity index (χ3v) is 6.59. The molecule has 0 aromatic heterocycles. The molecule has 1 saturated carbocycles. The van der Waals surface area contributed by atoms with Crippen molar-refractivity contribution in [3.63, 3.8) is 0 Å².